The van der Waals surface area contributed by atoms with Crippen molar-refractivity contribution in [3.05, 3.63) is 0 Å². The molecule has 7 nitrogen and oxygen atoms in total. The zero-order chi connectivity index (χ0) is 20.8. The predicted molar refractivity (Wildman–Crippen MR) is 102 cm³/mol. The summed E-state index contributed by atoms with van der Waals surface area (Å²) in [6.45, 7) is 7.00. The van der Waals surface area contributed by atoms with Crippen LogP contribution in [0.1, 0.15) is 85.0 Å². The zero-order valence-electron chi connectivity index (χ0n) is 16.5. The van der Waals surface area contributed by atoms with Gasteiger partial charge in [0.1, 0.15) is 0 Å². The van der Waals surface area contributed by atoms with Crippen molar-refractivity contribution in [1.82, 2.24) is 0 Å². The van der Waals surface area contributed by atoms with Gasteiger partial charge in [-0.3, -0.25) is 14.1 Å². The Morgan fingerprint density at radius 1 is 0.923 bits per heavy atom. The fraction of sp³-hybridized carbons (Fsp3) is 0.882. The molecular weight excluding hydrogens is 387 g/mol. The first-order valence-corrected chi connectivity index (χ1v) is 12.4. The molecule has 0 aromatic heterocycles. The molecule has 0 spiro atoms. The molecule has 0 rings (SSSR count). The third kappa shape index (κ3) is 15.5. The largest absolute Gasteiger partial charge is 0.481 e. The van der Waals surface area contributed by atoms with Gasteiger partial charge in [-0.25, -0.2) is 0 Å². The van der Waals surface area contributed by atoms with E-state index in [0.717, 1.165) is 48.5 Å². The summed E-state index contributed by atoms with van der Waals surface area (Å²) >= 11 is 1.03. The van der Waals surface area contributed by atoms with Crippen molar-refractivity contribution < 1.29 is 32.8 Å². The van der Waals surface area contributed by atoms with E-state index in [1.807, 2.05) is 0 Å². The molecule has 0 aliphatic rings. The summed E-state index contributed by atoms with van der Waals surface area (Å²) in [7, 11) is -4.84. The average molecular weight is 421 g/mol. The first-order chi connectivity index (χ1) is 11.9. The molecule has 0 aromatic rings. The Kier molecular flexibility index (Phi) is 17.0. The second-order valence-corrected chi connectivity index (χ2v) is 12.0. The Morgan fingerprint density at radius 3 is 1.69 bits per heavy atom. The van der Waals surface area contributed by atoms with Gasteiger partial charge in [0.25, 0.3) is 10.1 Å². The summed E-state index contributed by atoms with van der Waals surface area (Å²) in [5, 5.41) is 13.9. The molecule has 1 atom stereocenters. The minimum absolute atomic E-state index is 0.838. The second kappa shape index (κ2) is 15.4. The average Bonchev–Trinajstić information content (AvgIpc) is 2.49. The number of unbranched alkanes of at least 4 members (excludes halogenated alkanes) is 3. The number of hydrogen-bond acceptors (Lipinski definition) is 4. The van der Waals surface area contributed by atoms with Crippen molar-refractivity contribution in [2.24, 2.45) is 0 Å². The minimum Gasteiger partial charge on any atom is -0.481 e. The molecule has 0 aromatic carbocycles. The van der Waals surface area contributed by atoms with Crippen LogP contribution >= 0.6 is 0 Å². The van der Waals surface area contributed by atoms with Crippen molar-refractivity contribution in [3.63, 3.8) is 0 Å². The molecule has 0 heterocycles. The van der Waals surface area contributed by atoms with Gasteiger partial charge in [0.15, 0.2) is 5.25 Å². The van der Waals surface area contributed by atoms with E-state index in [1.54, 1.807) is 0 Å². The first kappa shape index (κ1) is 28.7. The number of carboxylic acids is 2. The second-order valence-electron chi connectivity index (χ2n) is 7.06. The summed E-state index contributed by atoms with van der Waals surface area (Å²) < 4.78 is 29.5. The summed E-state index contributed by atoms with van der Waals surface area (Å²) in [5.74, 6) is -3.50. The van der Waals surface area contributed by atoms with E-state index in [9.17, 15) is 18.0 Å². The van der Waals surface area contributed by atoms with Crippen molar-refractivity contribution in [1.29, 1.82) is 0 Å². The summed E-state index contributed by atoms with van der Waals surface area (Å²) in [6.07, 6.45) is 12.0. The van der Waals surface area contributed by atoms with E-state index >= 15 is 0 Å². The summed E-state index contributed by atoms with van der Waals surface area (Å²) in [4.78, 5) is 20.0. The quantitative estimate of drug-likeness (QED) is 0.235. The molecule has 0 saturated carbocycles. The fourth-order valence-electron chi connectivity index (χ4n) is 3.04. The van der Waals surface area contributed by atoms with Crippen LogP contribution in [0.2, 0.25) is -0.490 Å². The maximum atomic E-state index is 10.2. The van der Waals surface area contributed by atoms with E-state index < -0.39 is 33.7 Å². The number of aliphatic carboxylic acids is 2. The number of carbonyl (C=O) groups is 2. The Bertz CT molecular complexity index is 499. The maximum Gasteiger partial charge on any atom is 0.325 e. The molecule has 3 N–H and O–H groups in total. The van der Waals surface area contributed by atoms with Crippen LogP contribution in [0.3, 0.4) is 0 Å². The molecule has 1 unspecified atom stereocenters. The van der Waals surface area contributed by atoms with E-state index in [1.165, 1.54) is 57.8 Å². The molecule has 9 heteroatoms. The molecule has 0 aliphatic heterocycles. The van der Waals surface area contributed by atoms with Crippen molar-refractivity contribution in [3.8, 4) is 0 Å². The van der Waals surface area contributed by atoms with Crippen molar-refractivity contribution in [2.75, 3.05) is 0 Å². The van der Waals surface area contributed by atoms with Gasteiger partial charge in [-0.05, 0) is 0 Å². The molecule has 0 aliphatic carbocycles. The van der Waals surface area contributed by atoms with Crippen LogP contribution in [0.4, 0.5) is 0 Å². The van der Waals surface area contributed by atoms with Crippen LogP contribution in [0.15, 0.2) is 0 Å². The Balaban J connectivity index is 0. The molecule has 0 saturated heterocycles. The minimum atomic E-state index is -4.84. The van der Waals surface area contributed by atoms with Gasteiger partial charge in [0, 0.05) is 0 Å². The van der Waals surface area contributed by atoms with Gasteiger partial charge in [-0.2, -0.15) is 8.42 Å². The summed E-state index contributed by atoms with van der Waals surface area (Å²) in [5.41, 5.74) is 0. The van der Waals surface area contributed by atoms with Gasteiger partial charge in [0.2, 0.25) is 0 Å². The Hall–Kier alpha value is 0.486. The standard InChI is InChI=1S/C13H27.C4H6O7S.K/c1-4-7-8-9-12-13(10-5-2)11-6-3;5-3(6)1-2(4(7)8)12(9,10)11;/h4-12H2,1-3H3;2H,1H2,(H,5,6)(H,7,8)(H,9,10,11);. The molecular formula is C17H33KO7S. The van der Waals surface area contributed by atoms with Crippen LogP contribution in [0.5, 0.6) is 0 Å². The Morgan fingerprint density at radius 2 is 1.42 bits per heavy atom. The van der Waals surface area contributed by atoms with Gasteiger partial charge in [0.05, 0.1) is 6.42 Å². The van der Waals surface area contributed by atoms with Crippen LogP contribution in [0, 0.1) is 0 Å². The Labute approximate surface area is 191 Å². The molecule has 0 fully saturated rings. The first-order valence-electron chi connectivity index (χ1n) is 9.34. The van der Waals surface area contributed by atoms with Gasteiger partial charge >= 0.3 is 139 Å². The summed E-state index contributed by atoms with van der Waals surface area (Å²) in [6, 6.07) is 0. The van der Waals surface area contributed by atoms with Crippen LogP contribution in [0.25, 0.3) is 0 Å². The smallest absolute Gasteiger partial charge is 0.325 e. The number of carboxylic acid groups (broad SMARTS) is 2. The van der Waals surface area contributed by atoms with E-state index in [2.05, 4.69) is 20.8 Å². The van der Waals surface area contributed by atoms with Crippen LogP contribution in [-0.4, -0.2) is 89.3 Å². The zero-order valence-corrected chi connectivity index (χ0v) is 20.5. The molecule has 150 valence electrons. The molecule has 0 bridgehead atoms. The number of rotatable bonds is 13. The van der Waals surface area contributed by atoms with Gasteiger partial charge in [-0.15, -0.1) is 0 Å². The monoisotopic (exact) mass is 420 g/mol. The topological polar surface area (TPSA) is 129 Å². The third-order valence-electron chi connectivity index (χ3n) is 4.34. The van der Waals surface area contributed by atoms with E-state index in [0.29, 0.717) is 0 Å². The van der Waals surface area contributed by atoms with Gasteiger partial charge < -0.3 is 10.2 Å². The SMILES string of the molecule is CCCCCC[C]([K])(CCC)CCC.O=C(O)CC(C(=O)O)S(=O)(=O)O. The van der Waals surface area contributed by atoms with Gasteiger partial charge in [-0.1, -0.05) is 0 Å². The van der Waals surface area contributed by atoms with E-state index in [4.69, 9.17) is 14.8 Å². The third-order valence-corrected chi connectivity index (χ3v) is 7.77. The van der Waals surface area contributed by atoms with E-state index in [-0.39, 0.29) is 0 Å². The number of hydrogen-bond donors (Lipinski definition) is 3. The maximum absolute atomic E-state index is 10.2. The molecule has 0 amide bonds. The van der Waals surface area contributed by atoms with Crippen molar-refractivity contribution >= 4 is 71.0 Å². The van der Waals surface area contributed by atoms with Crippen molar-refractivity contribution in [2.45, 2.75) is 89.7 Å². The van der Waals surface area contributed by atoms with Crippen LogP contribution in [-0.2, 0) is 19.7 Å². The van der Waals surface area contributed by atoms with Crippen LogP contribution < -0.4 is 0 Å². The predicted octanol–water partition coefficient (Wildman–Crippen LogP) is 3.69. The normalized spacial score (nSPS) is 12.8. The molecule has 0 radical (unpaired) electrons. The molecule has 26 heavy (non-hydrogen) atoms. The fourth-order valence-corrected chi connectivity index (χ4v) is 5.76.